The highest BCUT2D eigenvalue weighted by Gasteiger charge is 2.27. The summed E-state index contributed by atoms with van der Waals surface area (Å²) in [5, 5.41) is 12.4. The van der Waals surface area contributed by atoms with Crippen molar-refractivity contribution in [2.24, 2.45) is 5.92 Å². The molecule has 0 saturated carbocycles. The lowest BCUT2D eigenvalue weighted by Gasteiger charge is -2.28. The Balaban J connectivity index is 1.65. The molecule has 20 heavy (non-hydrogen) atoms. The minimum atomic E-state index is 0.343. The van der Waals surface area contributed by atoms with Crippen molar-refractivity contribution in [2.45, 2.75) is 64.6 Å². The van der Waals surface area contributed by atoms with E-state index in [4.69, 9.17) is 4.74 Å². The first-order valence-corrected chi connectivity index (χ1v) is 8.02. The molecule has 1 fully saturated rings. The van der Waals surface area contributed by atoms with Gasteiger partial charge in [0.1, 0.15) is 5.82 Å². The van der Waals surface area contributed by atoms with E-state index in [-0.39, 0.29) is 0 Å². The molecule has 0 aromatic carbocycles. The van der Waals surface area contributed by atoms with Gasteiger partial charge in [0.2, 0.25) is 0 Å². The van der Waals surface area contributed by atoms with E-state index in [1.165, 1.54) is 19.3 Å². The van der Waals surface area contributed by atoms with Gasteiger partial charge in [-0.1, -0.05) is 13.8 Å². The summed E-state index contributed by atoms with van der Waals surface area (Å²) < 4.78 is 8.13. The summed E-state index contributed by atoms with van der Waals surface area (Å²) in [6.07, 6.45) is 6.23. The number of rotatable bonds is 4. The first-order valence-electron chi connectivity index (χ1n) is 8.02. The molecule has 0 spiro atoms. The zero-order chi connectivity index (χ0) is 13.9. The summed E-state index contributed by atoms with van der Waals surface area (Å²) in [6.45, 7) is 7.41. The maximum absolute atomic E-state index is 5.81. The van der Waals surface area contributed by atoms with Crippen LogP contribution in [0.1, 0.15) is 57.2 Å². The van der Waals surface area contributed by atoms with E-state index in [0.717, 1.165) is 44.2 Å². The summed E-state index contributed by atoms with van der Waals surface area (Å²) in [5.74, 6) is 2.81. The van der Waals surface area contributed by atoms with Crippen molar-refractivity contribution in [2.75, 3.05) is 13.2 Å². The lowest BCUT2D eigenvalue weighted by atomic mass is 10.0. The second-order valence-corrected chi connectivity index (χ2v) is 6.33. The van der Waals surface area contributed by atoms with Gasteiger partial charge in [-0.15, -0.1) is 10.2 Å². The predicted octanol–water partition coefficient (Wildman–Crippen LogP) is 2.08. The molecular weight excluding hydrogens is 252 g/mol. The van der Waals surface area contributed by atoms with Crippen LogP contribution in [0.4, 0.5) is 0 Å². The number of hydrogen-bond acceptors (Lipinski definition) is 4. The molecule has 1 N–H and O–H groups in total. The summed E-state index contributed by atoms with van der Waals surface area (Å²) in [7, 11) is 0. The molecular formula is C15H26N4O. The zero-order valence-electron chi connectivity index (χ0n) is 12.6. The molecule has 1 saturated heterocycles. The molecule has 5 heteroatoms. The SMILES string of the molecule is CC(C)C1NCCn2c(CCC3CCCCO3)nnc21. The molecule has 2 aliphatic heterocycles. The van der Waals surface area contributed by atoms with Crippen molar-refractivity contribution in [1.29, 1.82) is 0 Å². The maximum Gasteiger partial charge on any atom is 0.150 e. The molecule has 2 aliphatic rings. The van der Waals surface area contributed by atoms with Crippen molar-refractivity contribution in [3.8, 4) is 0 Å². The van der Waals surface area contributed by atoms with Gasteiger partial charge in [0.15, 0.2) is 5.82 Å². The first-order chi connectivity index (χ1) is 9.75. The van der Waals surface area contributed by atoms with Crippen molar-refractivity contribution in [3.05, 3.63) is 11.6 Å². The fourth-order valence-corrected chi connectivity index (χ4v) is 3.29. The average molecular weight is 278 g/mol. The highest BCUT2D eigenvalue weighted by atomic mass is 16.5. The lowest BCUT2D eigenvalue weighted by Crippen LogP contribution is -2.37. The van der Waals surface area contributed by atoms with Gasteiger partial charge in [0, 0.05) is 26.1 Å². The Hall–Kier alpha value is -0.940. The Bertz CT molecular complexity index is 437. The van der Waals surface area contributed by atoms with Gasteiger partial charge in [-0.3, -0.25) is 0 Å². The van der Waals surface area contributed by atoms with Crippen LogP contribution in [-0.2, 0) is 17.7 Å². The van der Waals surface area contributed by atoms with Crippen molar-refractivity contribution in [1.82, 2.24) is 20.1 Å². The molecule has 0 radical (unpaired) electrons. The minimum absolute atomic E-state index is 0.343. The smallest absolute Gasteiger partial charge is 0.150 e. The molecule has 0 bridgehead atoms. The van der Waals surface area contributed by atoms with Crippen LogP contribution in [0.25, 0.3) is 0 Å². The van der Waals surface area contributed by atoms with Crippen molar-refractivity contribution >= 4 is 0 Å². The molecule has 112 valence electrons. The number of aryl methyl sites for hydroxylation is 1. The van der Waals surface area contributed by atoms with Crippen molar-refractivity contribution < 1.29 is 4.74 Å². The number of aromatic nitrogens is 3. The second kappa shape index (κ2) is 6.22. The summed E-state index contributed by atoms with van der Waals surface area (Å²) >= 11 is 0. The monoisotopic (exact) mass is 278 g/mol. The topological polar surface area (TPSA) is 52.0 Å². The van der Waals surface area contributed by atoms with E-state index in [2.05, 4.69) is 33.9 Å². The molecule has 5 nitrogen and oxygen atoms in total. The Labute approximate surface area is 121 Å². The van der Waals surface area contributed by atoms with Crippen LogP contribution < -0.4 is 5.32 Å². The molecule has 3 heterocycles. The summed E-state index contributed by atoms with van der Waals surface area (Å²) in [4.78, 5) is 0. The highest BCUT2D eigenvalue weighted by molar-refractivity contribution is 5.05. The van der Waals surface area contributed by atoms with Gasteiger partial charge in [-0.05, 0) is 31.6 Å². The van der Waals surface area contributed by atoms with E-state index in [1.54, 1.807) is 0 Å². The Kier molecular flexibility index (Phi) is 4.36. The zero-order valence-corrected chi connectivity index (χ0v) is 12.6. The lowest BCUT2D eigenvalue weighted by molar-refractivity contribution is 0.0110. The third-order valence-corrected chi connectivity index (χ3v) is 4.46. The average Bonchev–Trinajstić information content (AvgIpc) is 2.89. The molecule has 1 aromatic heterocycles. The van der Waals surface area contributed by atoms with Crippen LogP contribution in [-0.4, -0.2) is 34.0 Å². The van der Waals surface area contributed by atoms with E-state index >= 15 is 0 Å². The van der Waals surface area contributed by atoms with Gasteiger partial charge in [-0.25, -0.2) is 0 Å². The third kappa shape index (κ3) is 2.88. The largest absolute Gasteiger partial charge is 0.378 e. The third-order valence-electron chi connectivity index (χ3n) is 4.46. The fourth-order valence-electron chi connectivity index (χ4n) is 3.29. The molecule has 3 rings (SSSR count). The van der Waals surface area contributed by atoms with Crippen LogP contribution in [0.2, 0.25) is 0 Å². The number of fused-ring (bicyclic) bond motifs is 1. The standard InChI is InChI=1S/C15H26N4O/c1-11(2)14-15-18-17-13(19(15)9-8-16-14)7-6-12-5-3-4-10-20-12/h11-12,14,16H,3-10H2,1-2H3. The fraction of sp³-hybridized carbons (Fsp3) is 0.867. The molecule has 2 atom stereocenters. The van der Waals surface area contributed by atoms with E-state index < -0.39 is 0 Å². The van der Waals surface area contributed by atoms with Gasteiger partial charge in [0.05, 0.1) is 12.1 Å². The predicted molar refractivity (Wildman–Crippen MR) is 77.5 cm³/mol. The van der Waals surface area contributed by atoms with E-state index in [0.29, 0.717) is 18.1 Å². The second-order valence-electron chi connectivity index (χ2n) is 6.33. The van der Waals surface area contributed by atoms with Gasteiger partial charge in [-0.2, -0.15) is 0 Å². The molecule has 2 unspecified atom stereocenters. The number of nitrogens with zero attached hydrogens (tertiary/aromatic N) is 3. The normalized spacial score (nSPS) is 26.8. The number of nitrogens with one attached hydrogen (secondary N) is 1. The highest BCUT2D eigenvalue weighted by Crippen LogP contribution is 2.24. The molecule has 0 amide bonds. The van der Waals surface area contributed by atoms with Crippen molar-refractivity contribution in [3.63, 3.8) is 0 Å². The minimum Gasteiger partial charge on any atom is -0.378 e. The Morgan fingerprint density at radius 1 is 1.35 bits per heavy atom. The number of hydrogen-bond donors (Lipinski definition) is 1. The van der Waals surface area contributed by atoms with Crippen LogP contribution >= 0.6 is 0 Å². The van der Waals surface area contributed by atoms with E-state index in [1.807, 2.05) is 0 Å². The van der Waals surface area contributed by atoms with Crippen LogP contribution in [0.5, 0.6) is 0 Å². The van der Waals surface area contributed by atoms with Crippen LogP contribution in [0.3, 0.4) is 0 Å². The van der Waals surface area contributed by atoms with Gasteiger partial charge in [0.25, 0.3) is 0 Å². The van der Waals surface area contributed by atoms with Crippen LogP contribution in [0.15, 0.2) is 0 Å². The van der Waals surface area contributed by atoms with E-state index in [9.17, 15) is 0 Å². The van der Waals surface area contributed by atoms with Crippen LogP contribution in [0, 0.1) is 5.92 Å². The summed E-state index contributed by atoms with van der Waals surface area (Å²) in [6, 6.07) is 0.343. The molecule has 1 aromatic rings. The quantitative estimate of drug-likeness (QED) is 0.916. The Morgan fingerprint density at radius 3 is 3.00 bits per heavy atom. The van der Waals surface area contributed by atoms with Gasteiger partial charge < -0.3 is 14.6 Å². The Morgan fingerprint density at radius 2 is 2.25 bits per heavy atom. The first kappa shape index (κ1) is 14.0. The number of ether oxygens (including phenoxy) is 1. The maximum atomic E-state index is 5.81. The summed E-state index contributed by atoms with van der Waals surface area (Å²) in [5.41, 5.74) is 0. The van der Waals surface area contributed by atoms with Gasteiger partial charge >= 0.3 is 0 Å². The molecule has 0 aliphatic carbocycles.